The van der Waals surface area contributed by atoms with Gasteiger partial charge in [-0.15, -0.1) is 0 Å². The van der Waals surface area contributed by atoms with Gasteiger partial charge in [0.2, 0.25) is 0 Å². The summed E-state index contributed by atoms with van der Waals surface area (Å²) in [5.74, 6) is -2.84. The number of carbonyl (C=O) groups is 2. The Morgan fingerprint density at radius 2 is 1.21 bits per heavy atom. The van der Waals surface area contributed by atoms with E-state index in [-0.39, 0.29) is 75.0 Å². The van der Waals surface area contributed by atoms with Gasteiger partial charge in [-0.05, 0) is 20.3 Å². The van der Waals surface area contributed by atoms with E-state index in [2.05, 4.69) is 0 Å². The largest absolute Gasteiger partial charge is 0.507 e. The summed E-state index contributed by atoms with van der Waals surface area (Å²) in [6.45, 7) is 8.22. The number of benzene rings is 2. The highest BCUT2D eigenvalue weighted by Gasteiger charge is 2.31. The van der Waals surface area contributed by atoms with Crippen molar-refractivity contribution in [2.45, 2.75) is 53.9 Å². The highest BCUT2D eigenvalue weighted by molar-refractivity contribution is 6.04. The molecular weight excluding hydrogens is 428 g/mol. The first kappa shape index (κ1) is 25.8. The lowest BCUT2D eigenvalue weighted by Crippen LogP contribution is -2.12. The smallest absolute Gasteiger partial charge is 0.172 e. The fraction of sp³-hybridized carbons (Fsp3) is 0.440. The van der Waals surface area contributed by atoms with Crippen LogP contribution in [0.1, 0.15) is 76.6 Å². The van der Waals surface area contributed by atoms with Crippen molar-refractivity contribution in [3.63, 3.8) is 0 Å². The number of hydrogen-bond donors (Lipinski definition) is 4. The number of phenols is 4. The maximum absolute atomic E-state index is 12.8. The Kier molecular flexibility index (Phi) is 7.84. The van der Waals surface area contributed by atoms with Gasteiger partial charge in [0.1, 0.15) is 45.6 Å². The minimum Gasteiger partial charge on any atom is -0.507 e. The van der Waals surface area contributed by atoms with E-state index in [9.17, 15) is 30.0 Å². The molecule has 180 valence electrons. The molecule has 8 heteroatoms. The van der Waals surface area contributed by atoms with Crippen molar-refractivity contribution in [3.8, 4) is 34.5 Å². The Bertz CT molecular complexity index is 1100. The van der Waals surface area contributed by atoms with E-state index in [1.165, 1.54) is 28.1 Å². The summed E-state index contributed by atoms with van der Waals surface area (Å²) in [5.41, 5.74) is 0.122. The standard InChI is InChI=1S/C25H32O8/c1-8-9-16(26)17-22(30)14(20(28)12(4)24(17)32-6)10-15-21(29)13(5)25(33-7)18(23(15)31)19(27)11(2)3/h11,28-31H,8-10H2,1-7H3. The predicted octanol–water partition coefficient (Wildman–Crippen LogP) is 4.56. The van der Waals surface area contributed by atoms with E-state index in [0.29, 0.717) is 6.42 Å². The van der Waals surface area contributed by atoms with Crippen LogP contribution in [0.2, 0.25) is 0 Å². The molecule has 8 nitrogen and oxygen atoms in total. The van der Waals surface area contributed by atoms with Gasteiger partial charge in [0, 0.05) is 41.0 Å². The molecule has 0 aromatic heterocycles. The molecular formula is C25H32O8. The molecule has 0 saturated heterocycles. The van der Waals surface area contributed by atoms with E-state index < -0.39 is 23.2 Å². The van der Waals surface area contributed by atoms with E-state index in [1.807, 2.05) is 6.92 Å². The molecule has 0 atom stereocenters. The molecule has 0 unspecified atom stereocenters. The van der Waals surface area contributed by atoms with Gasteiger partial charge < -0.3 is 29.9 Å². The lowest BCUT2D eigenvalue weighted by Gasteiger charge is -2.21. The van der Waals surface area contributed by atoms with Crippen LogP contribution in [0, 0.1) is 19.8 Å². The minimum atomic E-state index is -0.512. The van der Waals surface area contributed by atoms with Gasteiger partial charge in [0.05, 0.1) is 14.2 Å². The molecule has 0 aliphatic heterocycles. The third kappa shape index (κ3) is 4.42. The van der Waals surface area contributed by atoms with E-state index >= 15 is 0 Å². The van der Waals surface area contributed by atoms with Crippen LogP contribution in [0.4, 0.5) is 0 Å². The van der Waals surface area contributed by atoms with Gasteiger partial charge in [-0.1, -0.05) is 20.8 Å². The highest BCUT2D eigenvalue weighted by Crippen LogP contribution is 2.48. The monoisotopic (exact) mass is 460 g/mol. The SMILES string of the molecule is CCCC(=O)c1c(O)c(Cc2c(O)c(C)c(OC)c(C(=O)C(C)C)c2O)c(O)c(C)c1OC. The van der Waals surface area contributed by atoms with Crippen LogP contribution in [0.5, 0.6) is 34.5 Å². The van der Waals surface area contributed by atoms with Gasteiger partial charge in [0.25, 0.3) is 0 Å². The molecule has 0 amide bonds. The topological polar surface area (TPSA) is 134 Å². The molecule has 0 spiro atoms. The van der Waals surface area contributed by atoms with Crippen molar-refractivity contribution in [1.29, 1.82) is 0 Å². The highest BCUT2D eigenvalue weighted by atomic mass is 16.5. The van der Waals surface area contributed by atoms with Crippen molar-refractivity contribution < 1.29 is 39.5 Å². The number of aromatic hydroxyl groups is 4. The molecule has 4 N–H and O–H groups in total. The van der Waals surface area contributed by atoms with Crippen molar-refractivity contribution in [2.75, 3.05) is 14.2 Å². The van der Waals surface area contributed by atoms with Crippen LogP contribution in [0.25, 0.3) is 0 Å². The average Bonchev–Trinajstić information content (AvgIpc) is 2.77. The summed E-state index contributed by atoms with van der Waals surface area (Å²) in [7, 11) is 2.66. The van der Waals surface area contributed by atoms with Crippen molar-refractivity contribution in [3.05, 3.63) is 33.4 Å². The first-order chi connectivity index (χ1) is 15.4. The number of phenolic OH excluding ortho intramolecular Hbond substituents is 4. The number of Topliss-reactive ketones (excluding diaryl/α,β-unsaturated/α-hetero) is 2. The zero-order chi connectivity index (χ0) is 25.2. The lowest BCUT2D eigenvalue weighted by molar-refractivity contribution is 0.0931. The van der Waals surface area contributed by atoms with E-state index in [0.717, 1.165) is 0 Å². The Morgan fingerprint density at radius 1 is 0.788 bits per heavy atom. The molecule has 0 saturated carbocycles. The molecule has 0 aliphatic carbocycles. The first-order valence-electron chi connectivity index (χ1n) is 10.7. The van der Waals surface area contributed by atoms with Gasteiger partial charge in [-0.3, -0.25) is 9.59 Å². The predicted molar refractivity (Wildman–Crippen MR) is 123 cm³/mol. The zero-order valence-electron chi connectivity index (χ0n) is 20.1. The van der Waals surface area contributed by atoms with Gasteiger partial charge >= 0.3 is 0 Å². The van der Waals surface area contributed by atoms with Crippen LogP contribution >= 0.6 is 0 Å². The van der Waals surface area contributed by atoms with E-state index in [4.69, 9.17) is 9.47 Å². The summed E-state index contributed by atoms with van der Waals surface area (Å²) < 4.78 is 10.6. The zero-order valence-corrected chi connectivity index (χ0v) is 20.1. The van der Waals surface area contributed by atoms with Crippen LogP contribution in [-0.4, -0.2) is 46.2 Å². The third-order valence-electron chi connectivity index (χ3n) is 5.75. The lowest BCUT2D eigenvalue weighted by atomic mass is 9.89. The Morgan fingerprint density at radius 3 is 1.61 bits per heavy atom. The summed E-state index contributed by atoms with van der Waals surface area (Å²) in [6, 6.07) is 0. The third-order valence-corrected chi connectivity index (χ3v) is 5.75. The minimum absolute atomic E-state index is 0.0469. The molecule has 0 bridgehead atoms. The molecule has 2 rings (SSSR count). The number of rotatable bonds is 9. The molecule has 0 aliphatic rings. The quantitative estimate of drug-likeness (QED) is 0.400. The fourth-order valence-electron chi connectivity index (χ4n) is 3.93. The number of ether oxygens (including phenoxy) is 2. The Balaban J connectivity index is 2.86. The van der Waals surface area contributed by atoms with Crippen molar-refractivity contribution >= 4 is 11.6 Å². The summed E-state index contributed by atoms with van der Waals surface area (Å²) in [4.78, 5) is 25.5. The molecule has 33 heavy (non-hydrogen) atoms. The second-order valence-electron chi connectivity index (χ2n) is 8.29. The maximum Gasteiger partial charge on any atom is 0.172 e. The second-order valence-corrected chi connectivity index (χ2v) is 8.29. The van der Waals surface area contributed by atoms with Gasteiger partial charge in [-0.25, -0.2) is 0 Å². The molecule has 0 fully saturated rings. The maximum atomic E-state index is 12.8. The second kappa shape index (κ2) is 10.0. The van der Waals surface area contributed by atoms with Crippen LogP contribution in [0.15, 0.2) is 0 Å². The normalized spacial score (nSPS) is 11.0. The van der Waals surface area contributed by atoms with Crippen LogP contribution in [-0.2, 0) is 6.42 Å². The Hall–Kier alpha value is -3.42. The summed E-state index contributed by atoms with van der Waals surface area (Å²) >= 11 is 0. The molecule has 0 radical (unpaired) electrons. The Labute approximate surface area is 193 Å². The number of ketones is 2. The number of carbonyl (C=O) groups excluding carboxylic acids is 2. The van der Waals surface area contributed by atoms with E-state index in [1.54, 1.807) is 13.8 Å². The first-order valence-corrected chi connectivity index (χ1v) is 10.7. The number of methoxy groups -OCH3 is 2. The summed E-state index contributed by atoms with van der Waals surface area (Å²) in [6.07, 6.45) is 0.338. The number of hydrogen-bond acceptors (Lipinski definition) is 8. The van der Waals surface area contributed by atoms with Gasteiger partial charge in [0.15, 0.2) is 11.6 Å². The summed E-state index contributed by atoms with van der Waals surface area (Å²) in [5, 5.41) is 43.6. The molecule has 2 aromatic carbocycles. The van der Waals surface area contributed by atoms with Crippen molar-refractivity contribution in [2.24, 2.45) is 5.92 Å². The van der Waals surface area contributed by atoms with Crippen LogP contribution in [0.3, 0.4) is 0 Å². The van der Waals surface area contributed by atoms with Gasteiger partial charge in [-0.2, -0.15) is 0 Å². The molecule has 2 aromatic rings. The fourth-order valence-corrected chi connectivity index (χ4v) is 3.93. The average molecular weight is 461 g/mol. The van der Waals surface area contributed by atoms with Crippen LogP contribution < -0.4 is 9.47 Å². The van der Waals surface area contributed by atoms with Crippen molar-refractivity contribution in [1.82, 2.24) is 0 Å². The molecule has 0 heterocycles.